The van der Waals surface area contributed by atoms with Crippen molar-refractivity contribution in [3.05, 3.63) is 30.6 Å². The lowest BCUT2D eigenvalue weighted by molar-refractivity contribution is 0.381. The zero-order valence-electron chi connectivity index (χ0n) is 10.6. The van der Waals surface area contributed by atoms with Crippen molar-refractivity contribution >= 4 is 33.1 Å². The van der Waals surface area contributed by atoms with Crippen LogP contribution >= 0.6 is 0 Å². The first kappa shape index (κ1) is 15.8. The van der Waals surface area contributed by atoms with Crippen LogP contribution in [0.5, 0.6) is 0 Å². The van der Waals surface area contributed by atoms with E-state index in [1.165, 1.54) is 0 Å². The van der Waals surface area contributed by atoms with E-state index >= 15 is 0 Å². The number of rotatable bonds is 2. The lowest BCUT2D eigenvalue weighted by atomic mass is 10.2. The Balaban J connectivity index is 0.000000347. The smallest absolute Gasteiger partial charge is 0.394 e. The predicted molar refractivity (Wildman–Crippen MR) is 75.9 cm³/mol. The Morgan fingerprint density at radius 1 is 1.30 bits per heavy atom. The summed E-state index contributed by atoms with van der Waals surface area (Å²) >= 11 is 0. The van der Waals surface area contributed by atoms with E-state index in [1.807, 2.05) is 19.3 Å². The first-order valence-electron chi connectivity index (χ1n) is 5.25. The highest BCUT2D eigenvalue weighted by atomic mass is 32.3. The van der Waals surface area contributed by atoms with Gasteiger partial charge in [0.1, 0.15) is 0 Å². The van der Waals surface area contributed by atoms with Crippen molar-refractivity contribution in [2.45, 2.75) is 0 Å². The van der Waals surface area contributed by atoms with Gasteiger partial charge in [-0.05, 0) is 18.2 Å². The van der Waals surface area contributed by atoms with Crippen LogP contribution in [0, 0.1) is 0 Å². The lowest BCUT2D eigenvalue weighted by Crippen LogP contribution is -1.97. The predicted octanol–water partition coefficient (Wildman–Crippen LogP) is 0.675. The van der Waals surface area contributed by atoms with E-state index in [9.17, 15) is 0 Å². The summed E-state index contributed by atoms with van der Waals surface area (Å²) in [5.41, 5.74) is 14.4. The molecule has 0 aliphatic heterocycles. The molecule has 0 saturated heterocycles. The van der Waals surface area contributed by atoms with E-state index in [0.717, 1.165) is 11.4 Å². The number of aryl methyl sites for hydroxylation is 1. The van der Waals surface area contributed by atoms with Gasteiger partial charge >= 0.3 is 10.4 Å². The summed E-state index contributed by atoms with van der Waals surface area (Å²) < 4.78 is 33.3. The Morgan fingerprint density at radius 3 is 2.35 bits per heavy atom. The molecule has 0 aliphatic rings. The highest BCUT2D eigenvalue weighted by Gasteiger charge is 2.01. The Labute approximate surface area is 115 Å². The molecule has 0 saturated carbocycles. The first-order valence-corrected chi connectivity index (χ1v) is 6.65. The van der Waals surface area contributed by atoms with Gasteiger partial charge in [-0.3, -0.25) is 13.8 Å². The fourth-order valence-corrected chi connectivity index (χ4v) is 1.34. The van der Waals surface area contributed by atoms with Crippen molar-refractivity contribution in [3.63, 3.8) is 0 Å². The molecule has 0 atom stereocenters. The lowest BCUT2D eigenvalue weighted by Gasteiger charge is -2.07. The van der Waals surface area contributed by atoms with Gasteiger partial charge in [0.25, 0.3) is 0 Å². The summed E-state index contributed by atoms with van der Waals surface area (Å²) in [6, 6.07) is 5.37. The maximum Gasteiger partial charge on any atom is 0.394 e. The van der Waals surface area contributed by atoms with Crippen LogP contribution in [0.15, 0.2) is 30.6 Å². The molecule has 9 nitrogen and oxygen atoms in total. The number of aromatic nitrogens is 2. The van der Waals surface area contributed by atoms with E-state index in [2.05, 4.69) is 10.4 Å². The second kappa shape index (κ2) is 6.23. The summed E-state index contributed by atoms with van der Waals surface area (Å²) in [7, 11) is -2.81. The minimum Gasteiger partial charge on any atom is -0.399 e. The van der Waals surface area contributed by atoms with Gasteiger partial charge in [-0.2, -0.15) is 13.5 Å². The van der Waals surface area contributed by atoms with Crippen LogP contribution in [0.25, 0.3) is 0 Å². The summed E-state index contributed by atoms with van der Waals surface area (Å²) in [5, 5.41) is 7.21. The molecule has 1 heterocycles. The molecule has 2 aromatic rings. The average Bonchev–Trinajstić information content (AvgIpc) is 2.66. The van der Waals surface area contributed by atoms with Crippen LogP contribution in [-0.4, -0.2) is 27.3 Å². The van der Waals surface area contributed by atoms with Crippen LogP contribution < -0.4 is 16.8 Å². The van der Waals surface area contributed by atoms with Crippen LogP contribution in [0.4, 0.5) is 22.7 Å². The van der Waals surface area contributed by atoms with Gasteiger partial charge in [0.15, 0.2) is 0 Å². The molecular weight excluding hydrogens is 286 g/mol. The molecule has 10 heteroatoms. The molecule has 1 aromatic heterocycles. The molecule has 2 rings (SSSR count). The zero-order valence-corrected chi connectivity index (χ0v) is 11.4. The van der Waals surface area contributed by atoms with Gasteiger partial charge in [-0.25, -0.2) is 0 Å². The fourth-order valence-electron chi connectivity index (χ4n) is 1.34. The largest absolute Gasteiger partial charge is 0.399 e. The Morgan fingerprint density at radius 2 is 1.90 bits per heavy atom. The third kappa shape index (κ3) is 6.04. The third-order valence-corrected chi connectivity index (χ3v) is 2.06. The number of hydrogen-bond acceptors (Lipinski definition) is 6. The minimum atomic E-state index is -4.67. The minimum absolute atomic E-state index is 0.624. The number of hydrogen-bond donors (Lipinski definition) is 5. The van der Waals surface area contributed by atoms with Gasteiger partial charge in [0.05, 0.1) is 23.3 Å². The van der Waals surface area contributed by atoms with Crippen LogP contribution in [0.3, 0.4) is 0 Å². The second-order valence-corrected chi connectivity index (χ2v) is 4.72. The number of nitrogens with two attached hydrogens (primary N) is 2. The molecule has 0 aliphatic carbocycles. The summed E-state index contributed by atoms with van der Waals surface area (Å²) in [6.45, 7) is 0. The molecule has 7 N–H and O–H groups in total. The Hall–Kier alpha value is -2.30. The van der Waals surface area contributed by atoms with Gasteiger partial charge in [-0.15, -0.1) is 0 Å². The van der Waals surface area contributed by atoms with Gasteiger partial charge in [-0.1, -0.05) is 0 Å². The van der Waals surface area contributed by atoms with Crippen LogP contribution in [0.1, 0.15) is 0 Å². The van der Waals surface area contributed by atoms with E-state index in [4.69, 9.17) is 29.0 Å². The number of nitrogens with zero attached hydrogens (tertiary/aromatic N) is 2. The average molecular weight is 301 g/mol. The molecule has 0 bridgehead atoms. The number of nitrogen functional groups attached to an aromatic ring is 2. The first-order chi connectivity index (χ1) is 9.15. The van der Waals surface area contributed by atoms with Gasteiger partial charge in [0, 0.05) is 18.9 Å². The third-order valence-electron chi connectivity index (χ3n) is 2.06. The van der Waals surface area contributed by atoms with Gasteiger partial charge in [0.2, 0.25) is 0 Å². The van der Waals surface area contributed by atoms with E-state index in [1.54, 1.807) is 23.0 Å². The maximum atomic E-state index is 8.74. The van der Waals surface area contributed by atoms with Crippen LogP contribution in [-0.2, 0) is 17.4 Å². The number of nitrogens with one attached hydrogen (secondary N) is 1. The monoisotopic (exact) mass is 301 g/mol. The Kier molecular flexibility index (Phi) is 4.91. The SMILES string of the molecule is Cn1cc(Nc2ccc(N)cc2N)cn1.O=S(=O)(O)O. The van der Waals surface area contributed by atoms with Crippen molar-refractivity contribution < 1.29 is 17.5 Å². The van der Waals surface area contributed by atoms with Crippen molar-refractivity contribution in [1.82, 2.24) is 9.78 Å². The van der Waals surface area contributed by atoms with E-state index in [-0.39, 0.29) is 0 Å². The van der Waals surface area contributed by atoms with Gasteiger partial charge < -0.3 is 16.8 Å². The second-order valence-electron chi connectivity index (χ2n) is 3.82. The molecule has 0 radical (unpaired) electrons. The number of anilines is 4. The normalized spacial score (nSPS) is 10.6. The standard InChI is InChI=1S/C10H13N5.H2O4S/c1-15-6-8(5-13-15)14-10-3-2-7(11)4-9(10)12;1-5(2,3)4/h2-6,14H,11-12H2,1H3;(H2,1,2,3,4). The van der Waals surface area contributed by atoms with Crippen molar-refractivity contribution in [2.75, 3.05) is 16.8 Å². The molecule has 0 amide bonds. The van der Waals surface area contributed by atoms with Crippen molar-refractivity contribution in [1.29, 1.82) is 0 Å². The van der Waals surface area contributed by atoms with E-state index in [0.29, 0.717) is 11.4 Å². The molecule has 1 aromatic carbocycles. The molecule has 0 fully saturated rings. The fraction of sp³-hybridized carbons (Fsp3) is 0.100. The van der Waals surface area contributed by atoms with Crippen molar-refractivity contribution in [3.8, 4) is 0 Å². The highest BCUT2D eigenvalue weighted by Crippen LogP contribution is 2.24. The summed E-state index contributed by atoms with van der Waals surface area (Å²) in [4.78, 5) is 0. The zero-order chi connectivity index (χ0) is 15.3. The maximum absolute atomic E-state index is 8.74. The quantitative estimate of drug-likeness (QED) is 0.400. The highest BCUT2D eigenvalue weighted by molar-refractivity contribution is 7.79. The molecule has 0 unspecified atom stereocenters. The molecule has 110 valence electrons. The molecule has 0 spiro atoms. The Bertz CT molecular complexity index is 675. The summed E-state index contributed by atoms with van der Waals surface area (Å²) in [5.74, 6) is 0. The topological polar surface area (TPSA) is 156 Å². The summed E-state index contributed by atoms with van der Waals surface area (Å²) in [6.07, 6.45) is 3.60. The van der Waals surface area contributed by atoms with Crippen LogP contribution in [0.2, 0.25) is 0 Å². The van der Waals surface area contributed by atoms with E-state index < -0.39 is 10.4 Å². The molecular formula is C10H15N5O4S. The molecule has 20 heavy (non-hydrogen) atoms. The number of benzene rings is 1. The van der Waals surface area contributed by atoms with Crippen molar-refractivity contribution in [2.24, 2.45) is 7.05 Å².